The molecule has 0 amide bonds. The molecule has 1 N–H and O–H groups in total. The summed E-state index contributed by atoms with van der Waals surface area (Å²) in [5.74, 6) is -0.305. The highest BCUT2D eigenvalue weighted by Gasteiger charge is 2.67. The summed E-state index contributed by atoms with van der Waals surface area (Å²) < 4.78 is 27.9. The standard InChI is InChI=1S/C18H22O7/c1-3-22-17(20)13-12-14(19)15-11(24-16(12)13)8-23-18(25-15)9-5-4-6-10(7-9)21-2/h4-7,11-16,18-19H,3,8H2,1-2H3/t11-,12-,13?,14-,15-,16+,18-/m1/s1. The second-order valence-electron chi connectivity index (χ2n) is 6.53. The summed E-state index contributed by atoms with van der Waals surface area (Å²) >= 11 is 0. The van der Waals surface area contributed by atoms with Gasteiger partial charge in [0.05, 0.1) is 38.4 Å². The maximum Gasteiger partial charge on any atom is 0.312 e. The van der Waals surface area contributed by atoms with E-state index in [9.17, 15) is 9.90 Å². The Bertz CT molecular complexity index is 648. The van der Waals surface area contributed by atoms with Crippen molar-refractivity contribution >= 4 is 5.97 Å². The van der Waals surface area contributed by atoms with Gasteiger partial charge in [0.1, 0.15) is 18.0 Å². The second kappa shape index (κ2) is 6.57. The van der Waals surface area contributed by atoms with E-state index in [1.807, 2.05) is 24.3 Å². The van der Waals surface area contributed by atoms with Crippen LogP contribution >= 0.6 is 0 Å². The average Bonchev–Trinajstić information content (AvgIpc) is 3.36. The van der Waals surface area contributed by atoms with Gasteiger partial charge in [-0.25, -0.2) is 0 Å². The smallest absolute Gasteiger partial charge is 0.312 e. The first kappa shape index (κ1) is 16.8. The van der Waals surface area contributed by atoms with Crippen LogP contribution in [0.5, 0.6) is 5.75 Å². The number of aliphatic hydroxyl groups excluding tert-OH is 1. The molecule has 4 rings (SSSR count). The molecule has 3 fully saturated rings. The van der Waals surface area contributed by atoms with Gasteiger partial charge in [-0.05, 0) is 19.1 Å². The van der Waals surface area contributed by atoms with Gasteiger partial charge in [-0.3, -0.25) is 4.79 Å². The highest BCUT2D eigenvalue weighted by atomic mass is 16.7. The van der Waals surface area contributed by atoms with Gasteiger partial charge in [0.2, 0.25) is 0 Å². The maximum atomic E-state index is 12.0. The fraction of sp³-hybridized carbons (Fsp3) is 0.611. The average molecular weight is 350 g/mol. The molecular formula is C18H22O7. The van der Waals surface area contributed by atoms with Gasteiger partial charge in [-0.15, -0.1) is 0 Å². The largest absolute Gasteiger partial charge is 0.497 e. The van der Waals surface area contributed by atoms with E-state index in [0.717, 1.165) is 5.56 Å². The molecule has 136 valence electrons. The normalized spacial score (nSPS) is 39.1. The molecule has 0 aromatic heterocycles. The van der Waals surface area contributed by atoms with Crippen molar-refractivity contribution in [2.24, 2.45) is 11.8 Å². The Morgan fingerprint density at radius 2 is 2.16 bits per heavy atom. The van der Waals surface area contributed by atoms with E-state index < -0.39 is 30.5 Å². The minimum absolute atomic E-state index is 0.274. The lowest BCUT2D eigenvalue weighted by molar-refractivity contribution is -0.300. The van der Waals surface area contributed by atoms with Crippen molar-refractivity contribution in [1.82, 2.24) is 0 Å². The van der Waals surface area contributed by atoms with Crippen LogP contribution in [0.25, 0.3) is 0 Å². The lowest BCUT2D eigenvalue weighted by atomic mass is 9.99. The molecule has 1 aliphatic carbocycles. The highest BCUT2D eigenvalue weighted by Crippen LogP contribution is 2.52. The second-order valence-corrected chi connectivity index (χ2v) is 6.53. The van der Waals surface area contributed by atoms with E-state index in [1.54, 1.807) is 14.0 Å². The van der Waals surface area contributed by atoms with E-state index in [4.69, 9.17) is 23.7 Å². The third kappa shape index (κ3) is 2.91. The molecule has 1 aromatic carbocycles. The Labute approximate surface area is 145 Å². The number of ether oxygens (including phenoxy) is 5. The quantitative estimate of drug-likeness (QED) is 0.813. The molecule has 7 atom stereocenters. The number of hydrogen-bond acceptors (Lipinski definition) is 7. The van der Waals surface area contributed by atoms with E-state index in [1.165, 1.54) is 0 Å². The predicted molar refractivity (Wildman–Crippen MR) is 84.8 cm³/mol. The lowest BCUT2D eigenvalue weighted by Crippen LogP contribution is -2.53. The molecule has 25 heavy (non-hydrogen) atoms. The number of aliphatic hydroxyl groups is 1. The molecule has 1 saturated carbocycles. The third-order valence-electron chi connectivity index (χ3n) is 5.05. The molecular weight excluding hydrogens is 328 g/mol. The Kier molecular flexibility index (Phi) is 4.41. The molecule has 2 heterocycles. The van der Waals surface area contributed by atoms with Gasteiger partial charge in [-0.2, -0.15) is 0 Å². The minimum Gasteiger partial charge on any atom is -0.497 e. The first-order valence-electron chi connectivity index (χ1n) is 8.55. The first-order valence-corrected chi connectivity index (χ1v) is 8.55. The first-order chi connectivity index (χ1) is 12.1. The van der Waals surface area contributed by atoms with Crippen LogP contribution in [0, 0.1) is 11.8 Å². The summed E-state index contributed by atoms with van der Waals surface area (Å²) in [4.78, 5) is 12.0. The van der Waals surface area contributed by atoms with E-state index in [-0.39, 0.29) is 18.0 Å². The predicted octanol–water partition coefficient (Wildman–Crippen LogP) is 1.05. The monoisotopic (exact) mass is 350 g/mol. The van der Waals surface area contributed by atoms with Crippen molar-refractivity contribution in [3.63, 3.8) is 0 Å². The Morgan fingerprint density at radius 3 is 2.92 bits per heavy atom. The van der Waals surface area contributed by atoms with Gasteiger partial charge in [0.25, 0.3) is 0 Å². The van der Waals surface area contributed by atoms with Crippen molar-refractivity contribution in [3.05, 3.63) is 29.8 Å². The molecule has 2 saturated heterocycles. The third-order valence-corrected chi connectivity index (χ3v) is 5.05. The summed E-state index contributed by atoms with van der Waals surface area (Å²) in [6.07, 6.45) is -2.62. The van der Waals surface area contributed by atoms with E-state index in [2.05, 4.69) is 0 Å². The Hall–Kier alpha value is -1.67. The zero-order valence-electron chi connectivity index (χ0n) is 14.2. The molecule has 1 unspecified atom stereocenters. The van der Waals surface area contributed by atoms with Crippen LogP contribution < -0.4 is 4.74 Å². The number of fused-ring (bicyclic) bond motifs is 2. The zero-order chi connectivity index (χ0) is 17.6. The molecule has 2 aliphatic heterocycles. The Balaban J connectivity index is 1.47. The number of methoxy groups -OCH3 is 1. The van der Waals surface area contributed by atoms with Crippen LogP contribution in [0.15, 0.2) is 24.3 Å². The van der Waals surface area contributed by atoms with Gasteiger partial charge in [-0.1, -0.05) is 12.1 Å². The molecule has 0 radical (unpaired) electrons. The summed E-state index contributed by atoms with van der Waals surface area (Å²) in [6.45, 7) is 2.37. The molecule has 7 heteroatoms. The number of esters is 1. The number of carbonyl (C=O) groups excluding carboxylic acids is 1. The fourth-order valence-electron chi connectivity index (χ4n) is 3.76. The minimum atomic E-state index is -0.782. The van der Waals surface area contributed by atoms with Crippen LogP contribution in [0.3, 0.4) is 0 Å². The molecule has 1 aromatic rings. The maximum absolute atomic E-state index is 12.0. The highest BCUT2D eigenvalue weighted by molar-refractivity contribution is 5.77. The van der Waals surface area contributed by atoms with Crippen molar-refractivity contribution in [2.45, 2.75) is 37.6 Å². The molecule has 3 aliphatic rings. The van der Waals surface area contributed by atoms with Crippen LogP contribution in [0.2, 0.25) is 0 Å². The summed E-state index contributed by atoms with van der Waals surface area (Å²) in [5, 5.41) is 10.7. The summed E-state index contributed by atoms with van der Waals surface area (Å²) in [6, 6.07) is 7.41. The van der Waals surface area contributed by atoms with Crippen molar-refractivity contribution in [1.29, 1.82) is 0 Å². The van der Waals surface area contributed by atoms with Crippen molar-refractivity contribution < 1.29 is 33.6 Å². The summed E-state index contributed by atoms with van der Waals surface area (Å²) in [5.41, 5.74) is 0.810. The van der Waals surface area contributed by atoms with Crippen LogP contribution in [0.4, 0.5) is 0 Å². The van der Waals surface area contributed by atoms with E-state index in [0.29, 0.717) is 19.0 Å². The van der Waals surface area contributed by atoms with Gasteiger partial charge in [0.15, 0.2) is 6.29 Å². The van der Waals surface area contributed by atoms with E-state index >= 15 is 0 Å². The zero-order valence-corrected chi connectivity index (χ0v) is 14.2. The van der Waals surface area contributed by atoms with Gasteiger partial charge in [0, 0.05) is 11.5 Å². The number of rotatable bonds is 4. The van der Waals surface area contributed by atoms with Crippen LogP contribution in [-0.2, 0) is 23.7 Å². The molecule has 0 bridgehead atoms. The fourth-order valence-corrected chi connectivity index (χ4v) is 3.76. The Morgan fingerprint density at radius 1 is 1.32 bits per heavy atom. The van der Waals surface area contributed by atoms with Crippen molar-refractivity contribution in [2.75, 3.05) is 20.3 Å². The van der Waals surface area contributed by atoms with Gasteiger partial charge >= 0.3 is 5.97 Å². The lowest BCUT2D eigenvalue weighted by Gasteiger charge is -2.41. The number of benzene rings is 1. The SMILES string of the molecule is CCOC(=O)C1[C@@H]2[C@@H](O)[C@@H]3O[C@H](c4cccc(OC)c4)OC[C@H]3O[C@H]12. The van der Waals surface area contributed by atoms with Crippen molar-refractivity contribution in [3.8, 4) is 5.75 Å². The number of carbonyl (C=O) groups is 1. The molecule has 0 spiro atoms. The topological polar surface area (TPSA) is 83.5 Å². The van der Waals surface area contributed by atoms with Crippen LogP contribution in [0.1, 0.15) is 18.8 Å². The summed E-state index contributed by atoms with van der Waals surface area (Å²) in [7, 11) is 1.60. The van der Waals surface area contributed by atoms with Gasteiger partial charge < -0.3 is 28.8 Å². The molecule has 7 nitrogen and oxygen atoms in total. The number of hydrogen-bond donors (Lipinski definition) is 1. The van der Waals surface area contributed by atoms with Crippen LogP contribution in [-0.4, -0.2) is 55.8 Å².